The summed E-state index contributed by atoms with van der Waals surface area (Å²) >= 11 is 0. The Morgan fingerprint density at radius 2 is 1.87 bits per heavy atom. The molecular weight excluding hydrogens is 507 g/mol. The summed E-state index contributed by atoms with van der Waals surface area (Å²) < 4.78 is 46.3. The van der Waals surface area contributed by atoms with Gasteiger partial charge in [0.1, 0.15) is 11.6 Å². The van der Waals surface area contributed by atoms with Gasteiger partial charge < -0.3 is 24.7 Å². The number of aryl methyl sites for hydroxylation is 1. The predicted octanol–water partition coefficient (Wildman–Crippen LogP) is 5.25. The summed E-state index contributed by atoms with van der Waals surface area (Å²) in [6.07, 6.45) is 4.55. The molecule has 0 bridgehead atoms. The van der Waals surface area contributed by atoms with Crippen molar-refractivity contribution in [2.75, 3.05) is 52.3 Å². The zero-order valence-electron chi connectivity index (χ0n) is 22.9. The molecule has 0 aliphatic carbocycles. The number of aliphatic hydroxyl groups excluding tert-OH is 2. The zero-order chi connectivity index (χ0) is 28.2. The molecule has 1 aliphatic heterocycles. The number of rotatable bonds is 11. The second-order valence-corrected chi connectivity index (χ2v) is 10.9. The average Bonchev–Trinajstić information content (AvgIpc) is 2.94. The van der Waals surface area contributed by atoms with Crippen LogP contribution in [0.25, 0.3) is 10.9 Å². The second kappa shape index (κ2) is 12.5. The lowest BCUT2D eigenvalue weighted by Gasteiger charge is -2.41. The quantitative estimate of drug-likeness (QED) is 0.321. The Morgan fingerprint density at radius 1 is 1.13 bits per heavy atom. The molecule has 0 spiro atoms. The molecule has 0 amide bonds. The van der Waals surface area contributed by atoms with Gasteiger partial charge in [0.05, 0.1) is 30.6 Å². The van der Waals surface area contributed by atoms with E-state index >= 15 is 0 Å². The third-order valence-corrected chi connectivity index (χ3v) is 8.10. The number of aliphatic hydroxyl groups is 2. The van der Waals surface area contributed by atoms with Gasteiger partial charge in [0.25, 0.3) is 0 Å². The number of benzene rings is 2. The first-order chi connectivity index (χ1) is 18.7. The van der Waals surface area contributed by atoms with Gasteiger partial charge in [0.2, 0.25) is 0 Å². The summed E-state index contributed by atoms with van der Waals surface area (Å²) in [5.41, 5.74) is 2.18. The van der Waals surface area contributed by atoms with E-state index in [1.807, 2.05) is 37.2 Å². The molecule has 4 rings (SSSR count). The molecule has 1 atom stereocenters. The topological polar surface area (TPSA) is 69.1 Å². The van der Waals surface area contributed by atoms with E-state index < -0.39 is 23.6 Å². The highest BCUT2D eigenvalue weighted by molar-refractivity contribution is 5.88. The Kier molecular flexibility index (Phi) is 9.35. The lowest BCUT2D eigenvalue weighted by molar-refractivity contribution is 0.0235. The van der Waals surface area contributed by atoms with Crippen molar-refractivity contribution in [2.24, 2.45) is 5.41 Å². The van der Waals surface area contributed by atoms with Gasteiger partial charge in [0, 0.05) is 37.7 Å². The number of fused-ring (bicyclic) bond motifs is 1. The van der Waals surface area contributed by atoms with Crippen LogP contribution in [0.15, 0.2) is 36.5 Å². The van der Waals surface area contributed by atoms with Gasteiger partial charge in [-0.3, -0.25) is 4.98 Å². The van der Waals surface area contributed by atoms with Gasteiger partial charge in [-0.1, -0.05) is 0 Å². The van der Waals surface area contributed by atoms with E-state index in [0.29, 0.717) is 37.6 Å². The molecule has 1 aliphatic rings. The Labute approximate surface area is 228 Å². The molecule has 6 nitrogen and oxygen atoms in total. The maximum absolute atomic E-state index is 13.9. The fourth-order valence-electron chi connectivity index (χ4n) is 5.62. The molecule has 1 fully saturated rings. The number of aromatic nitrogens is 1. The van der Waals surface area contributed by atoms with Gasteiger partial charge in [-0.2, -0.15) is 0 Å². The molecule has 1 saturated heterocycles. The third kappa shape index (κ3) is 6.65. The van der Waals surface area contributed by atoms with Gasteiger partial charge >= 0.3 is 0 Å². The highest BCUT2D eigenvalue weighted by atomic mass is 19.2. The van der Waals surface area contributed by atoms with E-state index in [2.05, 4.69) is 9.88 Å². The smallest absolute Gasteiger partial charge is 0.162 e. The first kappa shape index (κ1) is 29.1. The minimum absolute atomic E-state index is 0.0345. The second-order valence-electron chi connectivity index (χ2n) is 10.9. The molecule has 2 aromatic carbocycles. The number of pyridine rings is 1. The molecule has 2 N–H and O–H groups in total. The summed E-state index contributed by atoms with van der Waals surface area (Å²) in [5, 5.41) is 22.6. The Bertz CT molecular complexity index is 1280. The summed E-state index contributed by atoms with van der Waals surface area (Å²) in [7, 11) is 5.45. The van der Waals surface area contributed by atoms with Crippen molar-refractivity contribution in [3.63, 3.8) is 0 Å². The molecule has 39 heavy (non-hydrogen) atoms. The molecular formula is C30H38F3N3O3. The Morgan fingerprint density at radius 3 is 2.54 bits per heavy atom. The van der Waals surface area contributed by atoms with Crippen LogP contribution < -0.4 is 9.64 Å². The van der Waals surface area contributed by atoms with Crippen molar-refractivity contribution in [3.05, 3.63) is 65.1 Å². The predicted molar refractivity (Wildman–Crippen MR) is 147 cm³/mol. The average molecular weight is 546 g/mol. The zero-order valence-corrected chi connectivity index (χ0v) is 22.9. The Hall–Kier alpha value is -2.88. The van der Waals surface area contributed by atoms with Crippen LogP contribution in [0.1, 0.15) is 49.3 Å². The van der Waals surface area contributed by atoms with Crippen LogP contribution in [0.4, 0.5) is 18.9 Å². The standard InChI is InChI=1S/C30H38F3N3O3/c1-35(2)26-18-34-25-7-6-22(39-3)17-23(25)28(26)27(38)8-9-30(19-37)10-13-36(14-11-30)12-4-5-20-15-21(31)16-24(32)29(20)33/h6-7,15-18,27,37-38H,4-5,8-14,19H2,1-3H3/t27-/m1/s1. The van der Waals surface area contributed by atoms with E-state index in [1.165, 1.54) is 0 Å². The number of hydrogen-bond donors (Lipinski definition) is 2. The fourth-order valence-corrected chi connectivity index (χ4v) is 5.62. The molecule has 1 aromatic heterocycles. The van der Waals surface area contributed by atoms with E-state index in [-0.39, 0.29) is 24.0 Å². The maximum atomic E-state index is 13.9. The van der Waals surface area contributed by atoms with Crippen LogP contribution in [-0.4, -0.2) is 67.5 Å². The van der Waals surface area contributed by atoms with E-state index in [0.717, 1.165) is 54.2 Å². The van der Waals surface area contributed by atoms with E-state index in [4.69, 9.17) is 4.74 Å². The molecule has 3 aromatic rings. The van der Waals surface area contributed by atoms with Crippen LogP contribution in [-0.2, 0) is 6.42 Å². The van der Waals surface area contributed by atoms with Crippen molar-refractivity contribution >= 4 is 16.6 Å². The number of hydrogen-bond acceptors (Lipinski definition) is 6. The number of likely N-dealkylation sites (tertiary alicyclic amines) is 1. The summed E-state index contributed by atoms with van der Waals surface area (Å²) in [6.45, 7) is 2.23. The van der Waals surface area contributed by atoms with Crippen molar-refractivity contribution < 1.29 is 28.1 Å². The maximum Gasteiger partial charge on any atom is 0.162 e. The molecule has 0 radical (unpaired) electrons. The largest absolute Gasteiger partial charge is 0.497 e. The number of methoxy groups -OCH3 is 1. The van der Waals surface area contributed by atoms with E-state index in [1.54, 1.807) is 13.3 Å². The number of piperidine rings is 1. The SMILES string of the molecule is COc1ccc2ncc(N(C)C)c([C@H](O)CCC3(CO)CCN(CCCc4cc(F)cc(F)c4F)CC3)c2c1. The van der Waals surface area contributed by atoms with Crippen LogP contribution in [0.5, 0.6) is 5.75 Å². The number of halogens is 3. The monoisotopic (exact) mass is 545 g/mol. The van der Waals surface area contributed by atoms with Crippen LogP contribution in [0.2, 0.25) is 0 Å². The summed E-state index contributed by atoms with van der Waals surface area (Å²) in [5.74, 6) is -2.22. The lowest BCUT2D eigenvalue weighted by atomic mass is 9.74. The lowest BCUT2D eigenvalue weighted by Crippen LogP contribution is -2.42. The van der Waals surface area contributed by atoms with Crippen molar-refractivity contribution in [3.8, 4) is 5.75 Å². The summed E-state index contributed by atoms with van der Waals surface area (Å²) in [6, 6.07) is 7.25. The third-order valence-electron chi connectivity index (χ3n) is 8.10. The number of anilines is 1. The van der Waals surface area contributed by atoms with Gasteiger partial charge in [-0.15, -0.1) is 0 Å². The van der Waals surface area contributed by atoms with Gasteiger partial charge in [-0.25, -0.2) is 13.2 Å². The molecule has 2 heterocycles. The van der Waals surface area contributed by atoms with Crippen molar-refractivity contribution in [1.29, 1.82) is 0 Å². The highest BCUT2D eigenvalue weighted by Gasteiger charge is 2.35. The minimum atomic E-state index is -1.16. The normalized spacial score (nSPS) is 16.4. The number of nitrogens with zero attached hydrogens (tertiary/aromatic N) is 3. The first-order valence-corrected chi connectivity index (χ1v) is 13.4. The first-order valence-electron chi connectivity index (χ1n) is 13.4. The van der Waals surface area contributed by atoms with Gasteiger partial charge in [-0.05, 0) is 93.4 Å². The van der Waals surface area contributed by atoms with Crippen LogP contribution in [0.3, 0.4) is 0 Å². The molecule has 0 unspecified atom stereocenters. The fraction of sp³-hybridized carbons (Fsp3) is 0.500. The summed E-state index contributed by atoms with van der Waals surface area (Å²) in [4.78, 5) is 8.73. The molecule has 0 saturated carbocycles. The molecule has 212 valence electrons. The highest BCUT2D eigenvalue weighted by Crippen LogP contribution is 2.41. The van der Waals surface area contributed by atoms with Gasteiger partial charge in [0.15, 0.2) is 11.6 Å². The van der Waals surface area contributed by atoms with Crippen molar-refractivity contribution in [1.82, 2.24) is 9.88 Å². The van der Waals surface area contributed by atoms with E-state index in [9.17, 15) is 23.4 Å². The van der Waals surface area contributed by atoms with Crippen LogP contribution in [0, 0.1) is 22.9 Å². The number of ether oxygens (including phenoxy) is 1. The van der Waals surface area contributed by atoms with Crippen LogP contribution >= 0.6 is 0 Å². The van der Waals surface area contributed by atoms with Crippen molar-refractivity contribution in [2.45, 2.75) is 44.6 Å². The Balaban J connectivity index is 1.38. The minimum Gasteiger partial charge on any atom is -0.497 e. The molecule has 9 heteroatoms.